The maximum atomic E-state index is 15.2. The van der Waals surface area contributed by atoms with Crippen LogP contribution in [0.4, 0.5) is 14.6 Å². The highest BCUT2D eigenvalue weighted by molar-refractivity contribution is 8.00. The number of thioether (sulfide) groups is 1. The normalized spacial score (nSPS) is 18.3. The van der Waals surface area contributed by atoms with E-state index < -0.39 is 16.5 Å². The Morgan fingerprint density at radius 2 is 1.71 bits per heavy atom. The molecule has 1 unspecified atom stereocenters. The van der Waals surface area contributed by atoms with E-state index >= 15 is 4.39 Å². The minimum Gasteiger partial charge on any atom is -0.341 e. The van der Waals surface area contributed by atoms with Crippen LogP contribution in [-0.2, 0) is 15.0 Å². The lowest BCUT2D eigenvalue weighted by Gasteiger charge is -2.30. The van der Waals surface area contributed by atoms with Crippen LogP contribution in [-0.4, -0.2) is 51.9 Å². The van der Waals surface area contributed by atoms with Crippen molar-refractivity contribution in [2.75, 3.05) is 30.3 Å². The Kier molecular flexibility index (Phi) is 7.31. The van der Waals surface area contributed by atoms with E-state index in [1.807, 2.05) is 25.7 Å². The topological polar surface area (TPSA) is 58.4 Å². The van der Waals surface area contributed by atoms with E-state index in [1.165, 1.54) is 34.9 Å². The second kappa shape index (κ2) is 10.5. The van der Waals surface area contributed by atoms with Crippen LogP contribution in [0.2, 0.25) is 0 Å². The zero-order valence-electron chi connectivity index (χ0n) is 21.9. The Balaban J connectivity index is 1.73. The fraction of sp³-hybridized carbons (Fsp3) is 0.414. The van der Waals surface area contributed by atoms with E-state index in [-0.39, 0.29) is 29.9 Å². The smallest absolute Gasteiger partial charge is 0.242 e. The van der Waals surface area contributed by atoms with Gasteiger partial charge in [0.1, 0.15) is 24.0 Å². The molecule has 1 saturated heterocycles. The van der Waals surface area contributed by atoms with Crippen LogP contribution in [0.3, 0.4) is 0 Å². The Hall–Kier alpha value is -3.20. The third-order valence-corrected chi connectivity index (χ3v) is 8.30. The summed E-state index contributed by atoms with van der Waals surface area (Å²) in [6, 6.07) is 12.4. The average Bonchev–Trinajstić information content (AvgIpc) is 3.24. The number of hydrogen-bond donors (Lipinski definition) is 0. The third-order valence-electron chi connectivity index (χ3n) is 7.06. The van der Waals surface area contributed by atoms with Gasteiger partial charge in [0.05, 0.1) is 22.4 Å². The Morgan fingerprint density at radius 1 is 1.03 bits per heavy atom. The van der Waals surface area contributed by atoms with Gasteiger partial charge in [-0.05, 0) is 49.6 Å². The molecule has 38 heavy (non-hydrogen) atoms. The van der Waals surface area contributed by atoms with Gasteiger partial charge in [-0.2, -0.15) is 5.10 Å². The van der Waals surface area contributed by atoms with Gasteiger partial charge in [-0.3, -0.25) is 14.5 Å². The molecule has 0 saturated carbocycles. The summed E-state index contributed by atoms with van der Waals surface area (Å²) in [6.07, 6.45) is 2.97. The van der Waals surface area contributed by atoms with Crippen molar-refractivity contribution in [3.05, 3.63) is 77.0 Å². The molecule has 0 bridgehead atoms. The Morgan fingerprint density at radius 3 is 2.37 bits per heavy atom. The number of likely N-dealkylation sites (tertiary alicyclic amines) is 1. The maximum absolute atomic E-state index is 15.2. The highest BCUT2D eigenvalue weighted by Gasteiger charge is 2.41. The van der Waals surface area contributed by atoms with Crippen LogP contribution in [0.25, 0.3) is 5.69 Å². The maximum Gasteiger partial charge on any atom is 0.242 e. The van der Waals surface area contributed by atoms with Gasteiger partial charge in [-0.15, -0.1) is 11.8 Å². The molecule has 2 aromatic carbocycles. The number of anilines is 1. The van der Waals surface area contributed by atoms with Gasteiger partial charge < -0.3 is 4.90 Å². The van der Waals surface area contributed by atoms with Crippen molar-refractivity contribution in [3.63, 3.8) is 0 Å². The predicted octanol–water partition coefficient (Wildman–Crippen LogP) is 5.63. The monoisotopic (exact) mass is 538 g/mol. The van der Waals surface area contributed by atoms with Crippen LogP contribution in [0.1, 0.15) is 62.1 Å². The number of fused-ring (bicyclic) bond motifs is 1. The number of carbonyl (C=O) groups excluding carboxylic acids is 2. The number of aromatic nitrogens is 2. The van der Waals surface area contributed by atoms with Crippen LogP contribution in [0.15, 0.2) is 48.5 Å². The van der Waals surface area contributed by atoms with Gasteiger partial charge >= 0.3 is 0 Å². The predicted molar refractivity (Wildman–Crippen MR) is 146 cm³/mol. The molecule has 6 nitrogen and oxygen atoms in total. The van der Waals surface area contributed by atoms with E-state index in [0.29, 0.717) is 41.4 Å². The molecule has 200 valence electrons. The van der Waals surface area contributed by atoms with Crippen LogP contribution in [0.5, 0.6) is 0 Å². The fourth-order valence-electron chi connectivity index (χ4n) is 5.15. The summed E-state index contributed by atoms with van der Waals surface area (Å²) in [6.45, 7) is 7.26. The van der Waals surface area contributed by atoms with E-state index in [1.54, 1.807) is 35.0 Å². The number of hydrogen-bond acceptors (Lipinski definition) is 4. The molecule has 0 spiro atoms. The van der Waals surface area contributed by atoms with Gasteiger partial charge in [0.15, 0.2) is 0 Å². The zero-order chi connectivity index (χ0) is 27.0. The number of halogens is 2. The van der Waals surface area contributed by atoms with E-state index in [0.717, 1.165) is 19.3 Å². The quantitative estimate of drug-likeness (QED) is 0.432. The first kappa shape index (κ1) is 26.4. The largest absolute Gasteiger partial charge is 0.341 e. The Labute approximate surface area is 226 Å². The number of amides is 2. The third kappa shape index (κ3) is 5.08. The lowest BCUT2D eigenvalue weighted by atomic mass is 9.87. The summed E-state index contributed by atoms with van der Waals surface area (Å²) >= 11 is 1.34. The van der Waals surface area contributed by atoms with Gasteiger partial charge in [0.25, 0.3) is 0 Å². The number of carbonyl (C=O) groups is 2. The van der Waals surface area contributed by atoms with Crippen LogP contribution < -0.4 is 4.90 Å². The van der Waals surface area contributed by atoms with Gasteiger partial charge in [0, 0.05) is 29.6 Å². The number of benzene rings is 2. The number of nitrogens with zero attached hydrogens (tertiary/aromatic N) is 4. The lowest BCUT2D eigenvalue weighted by Crippen LogP contribution is -2.45. The molecule has 1 aromatic heterocycles. The molecule has 2 aliphatic rings. The van der Waals surface area contributed by atoms with Crippen molar-refractivity contribution in [2.45, 2.75) is 50.7 Å². The van der Waals surface area contributed by atoms with Crippen molar-refractivity contribution in [1.29, 1.82) is 0 Å². The zero-order valence-corrected chi connectivity index (χ0v) is 22.7. The molecular formula is C29H32F2N4O2S. The summed E-state index contributed by atoms with van der Waals surface area (Å²) in [5.41, 5.74) is 1.95. The minimum atomic E-state index is -0.520. The van der Waals surface area contributed by atoms with Crippen LogP contribution >= 0.6 is 11.8 Å². The summed E-state index contributed by atoms with van der Waals surface area (Å²) in [7, 11) is 0. The van der Waals surface area contributed by atoms with Crippen molar-refractivity contribution < 1.29 is 18.4 Å². The summed E-state index contributed by atoms with van der Waals surface area (Å²) in [5.74, 6) is -0.609. The molecule has 1 atom stereocenters. The second-order valence-electron chi connectivity index (χ2n) is 10.9. The van der Waals surface area contributed by atoms with Gasteiger partial charge in [-0.1, -0.05) is 39.0 Å². The van der Waals surface area contributed by atoms with Crippen molar-refractivity contribution in [3.8, 4) is 5.69 Å². The van der Waals surface area contributed by atoms with Gasteiger partial charge in [-0.25, -0.2) is 13.5 Å². The lowest BCUT2D eigenvalue weighted by molar-refractivity contribution is -0.132. The SMILES string of the molecule is CC(C)(C)c1nn(-c2ccc(F)cc2)c2c1C(c1ccccc1F)SCC(=O)N2CC(=O)N1CCCCC1. The average molecular weight is 539 g/mol. The van der Waals surface area contributed by atoms with Crippen molar-refractivity contribution >= 4 is 29.4 Å². The second-order valence-corrected chi connectivity index (χ2v) is 12.0. The molecule has 5 rings (SSSR count). The van der Waals surface area contributed by atoms with Gasteiger partial charge in [0.2, 0.25) is 11.8 Å². The molecule has 1 fully saturated rings. The summed E-state index contributed by atoms with van der Waals surface area (Å²) < 4.78 is 30.7. The first-order chi connectivity index (χ1) is 18.1. The molecule has 3 aromatic rings. The van der Waals surface area contributed by atoms with E-state index in [9.17, 15) is 14.0 Å². The van der Waals surface area contributed by atoms with Crippen molar-refractivity contribution in [1.82, 2.24) is 14.7 Å². The highest BCUT2D eigenvalue weighted by atomic mass is 32.2. The van der Waals surface area contributed by atoms with Crippen molar-refractivity contribution in [2.24, 2.45) is 0 Å². The molecular weight excluding hydrogens is 506 g/mol. The molecule has 0 radical (unpaired) electrons. The molecule has 0 N–H and O–H groups in total. The standard InChI is InChI=1S/C29H32F2N4O2S/c1-29(2,3)27-25-26(21-9-5-6-10-22(21)31)38-18-24(37)34(17-23(36)33-15-7-4-8-16-33)28(25)35(32-27)20-13-11-19(30)12-14-20/h5-6,9-14,26H,4,7-8,15-18H2,1-3H3. The summed E-state index contributed by atoms with van der Waals surface area (Å²) in [4.78, 5) is 30.4. The number of rotatable bonds is 4. The summed E-state index contributed by atoms with van der Waals surface area (Å²) in [5, 5.41) is 4.43. The number of piperidine rings is 1. The fourth-order valence-corrected chi connectivity index (χ4v) is 6.37. The van der Waals surface area contributed by atoms with E-state index in [4.69, 9.17) is 5.10 Å². The molecule has 2 aliphatic heterocycles. The first-order valence-electron chi connectivity index (χ1n) is 13.0. The highest BCUT2D eigenvalue weighted by Crippen LogP contribution is 2.48. The Bertz CT molecular complexity index is 1340. The molecule has 2 amide bonds. The molecule has 0 aliphatic carbocycles. The van der Waals surface area contributed by atoms with E-state index in [2.05, 4.69) is 0 Å². The minimum absolute atomic E-state index is 0.0773. The molecule has 9 heteroatoms. The molecule has 3 heterocycles. The first-order valence-corrected chi connectivity index (χ1v) is 14.0. The van der Waals surface area contributed by atoms with Crippen LogP contribution in [0, 0.1) is 11.6 Å².